The number of nitro benzene ring substituents is 1. The van der Waals surface area contributed by atoms with Crippen LogP contribution in [0.3, 0.4) is 0 Å². The maximum absolute atomic E-state index is 12.7. The van der Waals surface area contributed by atoms with Gasteiger partial charge < -0.3 is 10.0 Å². The molecule has 1 heterocycles. The molecule has 1 aliphatic rings. The summed E-state index contributed by atoms with van der Waals surface area (Å²) in [6.45, 7) is 1.11. The van der Waals surface area contributed by atoms with E-state index in [0.717, 1.165) is 31.4 Å². The van der Waals surface area contributed by atoms with Gasteiger partial charge in [-0.15, -0.1) is 0 Å². The van der Waals surface area contributed by atoms with Crippen LogP contribution in [-0.2, 0) is 6.42 Å². The number of carbonyl (C=O) groups is 2. The van der Waals surface area contributed by atoms with E-state index in [1.165, 1.54) is 11.6 Å². The summed E-state index contributed by atoms with van der Waals surface area (Å²) in [4.78, 5) is 35.9. The highest BCUT2D eigenvalue weighted by Crippen LogP contribution is 2.24. The lowest BCUT2D eigenvalue weighted by molar-refractivity contribution is -0.384. The van der Waals surface area contributed by atoms with Crippen LogP contribution in [0.1, 0.15) is 39.1 Å². The lowest BCUT2D eigenvalue weighted by atomic mass is 9.90. The second kappa shape index (κ2) is 7.99. The standard InChI is InChI=1S/C20H20N2O5/c23-19(16-11-17(20(24)25)13-18(12-16)22(26)27)21-8-6-15(7-9-21)10-14-4-2-1-3-5-14/h1-5,11-13,15H,6-10H2,(H,24,25). The van der Waals surface area contributed by atoms with Gasteiger partial charge in [-0.1, -0.05) is 30.3 Å². The van der Waals surface area contributed by atoms with Gasteiger partial charge in [-0.25, -0.2) is 4.79 Å². The number of carboxylic acid groups (broad SMARTS) is 1. The maximum Gasteiger partial charge on any atom is 0.335 e. The molecule has 1 N–H and O–H groups in total. The quantitative estimate of drug-likeness (QED) is 0.644. The van der Waals surface area contributed by atoms with E-state index in [-0.39, 0.29) is 17.0 Å². The van der Waals surface area contributed by atoms with E-state index >= 15 is 0 Å². The Bertz CT molecular complexity index is 826. The normalized spacial score (nSPS) is 14.7. The molecule has 27 heavy (non-hydrogen) atoms. The fourth-order valence-corrected chi connectivity index (χ4v) is 3.43. The summed E-state index contributed by atoms with van der Waals surface area (Å²) in [6, 6.07) is 13.5. The van der Waals surface area contributed by atoms with Crippen molar-refractivity contribution in [3.8, 4) is 0 Å². The van der Waals surface area contributed by atoms with Crippen LogP contribution in [0.5, 0.6) is 0 Å². The van der Waals surface area contributed by atoms with E-state index < -0.39 is 16.6 Å². The largest absolute Gasteiger partial charge is 0.478 e. The zero-order valence-electron chi connectivity index (χ0n) is 14.7. The van der Waals surface area contributed by atoms with E-state index in [9.17, 15) is 19.7 Å². The number of benzene rings is 2. The van der Waals surface area contributed by atoms with Crippen molar-refractivity contribution >= 4 is 17.6 Å². The number of nitro groups is 1. The molecule has 0 aliphatic carbocycles. The Morgan fingerprint density at radius 3 is 2.30 bits per heavy atom. The third-order valence-electron chi connectivity index (χ3n) is 4.89. The number of carboxylic acids is 1. The van der Waals surface area contributed by atoms with E-state index in [4.69, 9.17) is 5.11 Å². The van der Waals surface area contributed by atoms with Crippen molar-refractivity contribution in [1.29, 1.82) is 0 Å². The predicted octanol–water partition coefficient (Wildman–Crippen LogP) is 3.39. The smallest absolute Gasteiger partial charge is 0.335 e. The van der Waals surface area contributed by atoms with Crippen molar-refractivity contribution in [1.82, 2.24) is 4.90 Å². The summed E-state index contributed by atoms with van der Waals surface area (Å²) in [5.74, 6) is -1.18. The highest BCUT2D eigenvalue weighted by molar-refractivity contribution is 5.98. The summed E-state index contributed by atoms with van der Waals surface area (Å²) in [6.07, 6.45) is 2.66. The van der Waals surface area contributed by atoms with Gasteiger partial charge >= 0.3 is 5.97 Å². The van der Waals surface area contributed by atoms with E-state index in [0.29, 0.717) is 19.0 Å². The van der Waals surface area contributed by atoms with Crippen molar-refractivity contribution in [2.75, 3.05) is 13.1 Å². The lowest BCUT2D eigenvalue weighted by Gasteiger charge is -2.32. The van der Waals surface area contributed by atoms with E-state index in [2.05, 4.69) is 12.1 Å². The van der Waals surface area contributed by atoms with Crippen LogP contribution in [0.2, 0.25) is 0 Å². The summed E-state index contributed by atoms with van der Waals surface area (Å²) in [5, 5.41) is 20.2. The number of non-ortho nitro benzene ring substituents is 1. The van der Waals surface area contributed by atoms with Gasteiger partial charge in [0.15, 0.2) is 0 Å². The van der Waals surface area contributed by atoms with Crippen LogP contribution in [0.15, 0.2) is 48.5 Å². The zero-order chi connectivity index (χ0) is 19.4. The van der Waals surface area contributed by atoms with E-state index in [1.807, 2.05) is 18.2 Å². The first kappa shape index (κ1) is 18.6. The molecule has 3 rings (SSSR count). The van der Waals surface area contributed by atoms with Gasteiger partial charge in [-0.05, 0) is 36.8 Å². The molecule has 0 radical (unpaired) electrons. The molecule has 0 spiro atoms. The number of hydrogen-bond acceptors (Lipinski definition) is 4. The summed E-state index contributed by atoms with van der Waals surface area (Å²) in [5.41, 5.74) is 0.666. The number of rotatable bonds is 5. The second-order valence-corrected chi connectivity index (χ2v) is 6.76. The maximum atomic E-state index is 12.7. The first-order chi connectivity index (χ1) is 12.9. The van der Waals surface area contributed by atoms with Crippen LogP contribution < -0.4 is 0 Å². The Morgan fingerprint density at radius 2 is 1.70 bits per heavy atom. The van der Waals surface area contributed by atoms with Gasteiger partial charge in [0.1, 0.15) is 0 Å². The molecule has 1 aliphatic heterocycles. The molecule has 0 bridgehead atoms. The van der Waals surface area contributed by atoms with Gasteiger partial charge in [-0.3, -0.25) is 14.9 Å². The molecule has 0 atom stereocenters. The molecule has 2 aromatic rings. The number of likely N-dealkylation sites (tertiary alicyclic amines) is 1. The Labute approximate surface area is 156 Å². The number of nitrogens with zero attached hydrogens (tertiary/aromatic N) is 2. The van der Waals surface area contributed by atoms with Crippen molar-refractivity contribution in [2.24, 2.45) is 5.92 Å². The van der Waals surface area contributed by atoms with Crippen molar-refractivity contribution in [3.63, 3.8) is 0 Å². The number of carbonyl (C=O) groups excluding carboxylic acids is 1. The highest BCUT2D eigenvalue weighted by Gasteiger charge is 2.26. The molecule has 0 saturated carbocycles. The average Bonchev–Trinajstić information content (AvgIpc) is 2.68. The average molecular weight is 368 g/mol. The number of amides is 1. The highest BCUT2D eigenvalue weighted by atomic mass is 16.6. The van der Waals surface area contributed by atoms with Crippen LogP contribution in [0, 0.1) is 16.0 Å². The Kier molecular flexibility index (Phi) is 5.49. The van der Waals surface area contributed by atoms with Gasteiger partial charge in [0, 0.05) is 30.8 Å². The van der Waals surface area contributed by atoms with Crippen molar-refractivity contribution < 1.29 is 19.6 Å². The van der Waals surface area contributed by atoms with Gasteiger partial charge in [0.05, 0.1) is 10.5 Å². The van der Waals surface area contributed by atoms with Crippen LogP contribution in [0.25, 0.3) is 0 Å². The summed E-state index contributed by atoms with van der Waals surface area (Å²) in [7, 11) is 0. The minimum absolute atomic E-state index is 0.0445. The van der Waals surface area contributed by atoms with Gasteiger partial charge in [-0.2, -0.15) is 0 Å². The molecule has 7 nitrogen and oxygen atoms in total. The molecule has 0 aromatic heterocycles. The number of hydrogen-bond donors (Lipinski definition) is 1. The molecule has 140 valence electrons. The molecular weight excluding hydrogens is 348 g/mol. The monoisotopic (exact) mass is 368 g/mol. The predicted molar refractivity (Wildman–Crippen MR) is 98.8 cm³/mol. The van der Waals surface area contributed by atoms with E-state index in [1.54, 1.807) is 4.90 Å². The minimum Gasteiger partial charge on any atom is -0.478 e. The SMILES string of the molecule is O=C(O)c1cc(C(=O)N2CCC(Cc3ccccc3)CC2)cc([N+](=O)[O-])c1. The molecule has 0 unspecified atom stereocenters. The topological polar surface area (TPSA) is 101 Å². The van der Waals surface area contributed by atoms with Crippen LogP contribution in [0.4, 0.5) is 5.69 Å². The van der Waals surface area contributed by atoms with Gasteiger partial charge in [0.25, 0.3) is 11.6 Å². The fourth-order valence-electron chi connectivity index (χ4n) is 3.43. The Morgan fingerprint density at radius 1 is 1.07 bits per heavy atom. The summed E-state index contributed by atoms with van der Waals surface area (Å²) >= 11 is 0. The number of piperidine rings is 1. The summed E-state index contributed by atoms with van der Waals surface area (Å²) < 4.78 is 0. The van der Waals surface area contributed by atoms with Crippen molar-refractivity contribution in [2.45, 2.75) is 19.3 Å². The second-order valence-electron chi connectivity index (χ2n) is 6.76. The third kappa shape index (κ3) is 4.49. The lowest BCUT2D eigenvalue weighted by Crippen LogP contribution is -2.39. The Balaban J connectivity index is 1.68. The molecule has 1 amide bonds. The molecule has 1 saturated heterocycles. The van der Waals surface area contributed by atoms with Crippen LogP contribution in [-0.4, -0.2) is 39.9 Å². The fraction of sp³-hybridized carbons (Fsp3) is 0.300. The molecular formula is C20H20N2O5. The van der Waals surface area contributed by atoms with Crippen LogP contribution >= 0.6 is 0 Å². The third-order valence-corrected chi connectivity index (χ3v) is 4.89. The first-order valence-corrected chi connectivity index (χ1v) is 8.80. The Hall–Kier alpha value is -3.22. The van der Waals surface area contributed by atoms with Crippen molar-refractivity contribution in [3.05, 3.63) is 75.3 Å². The molecule has 7 heteroatoms. The number of aromatic carboxylic acids is 1. The van der Waals surface area contributed by atoms with Gasteiger partial charge in [0.2, 0.25) is 0 Å². The molecule has 1 fully saturated rings. The minimum atomic E-state index is -1.30. The first-order valence-electron chi connectivity index (χ1n) is 8.80. The molecule has 2 aromatic carbocycles. The zero-order valence-corrected chi connectivity index (χ0v) is 14.7.